The van der Waals surface area contributed by atoms with Gasteiger partial charge in [0.1, 0.15) is 0 Å². The number of rotatable bonds is 5. The second-order valence-corrected chi connectivity index (χ2v) is 8.32. The quantitative estimate of drug-likeness (QED) is 0.696. The van der Waals surface area contributed by atoms with Gasteiger partial charge < -0.3 is 29.9 Å². The van der Waals surface area contributed by atoms with Crippen LogP contribution < -0.4 is 20.1 Å². The van der Waals surface area contributed by atoms with E-state index in [4.69, 9.17) is 9.47 Å². The lowest BCUT2D eigenvalue weighted by Gasteiger charge is -2.28. The molecule has 10 heteroatoms. The first-order valence-corrected chi connectivity index (χ1v) is 10.9. The summed E-state index contributed by atoms with van der Waals surface area (Å²) in [7, 11) is 3.27. The van der Waals surface area contributed by atoms with Gasteiger partial charge in [-0.1, -0.05) is 12.1 Å². The maximum Gasteiger partial charge on any atom is 0.265 e. The zero-order valence-corrected chi connectivity index (χ0v) is 19.4. The van der Waals surface area contributed by atoms with Crippen molar-refractivity contribution in [1.29, 1.82) is 0 Å². The van der Waals surface area contributed by atoms with Crippen LogP contribution in [0.25, 0.3) is 0 Å². The van der Waals surface area contributed by atoms with E-state index in [1.54, 1.807) is 64.3 Å². The first-order chi connectivity index (χ1) is 16.2. The van der Waals surface area contributed by atoms with Gasteiger partial charge in [0.05, 0.1) is 22.5 Å². The molecular formula is C24H26N4O6. The zero-order valence-electron chi connectivity index (χ0n) is 19.4. The number of likely N-dealkylation sites (N-methyl/N-ethyl adjacent to an activating group) is 2. The Morgan fingerprint density at radius 3 is 1.53 bits per heavy atom. The number of carbonyl (C=O) groups is 4. The molecule has 2 N–H and O–H groups in total. The van der Waals surface area contributed by atoms with Crippen LogP contribution in [0.1, 0.15) is 34.6 Å². The molecule has 0 spiro atoms. The highest BCUT2D eigenvalue weighted by Gasteiger charge is 2.30. The molecule has 0 saturated heterocycles. The van der Waals surface area contributed by atoms with Gasteiger partial charge in [-0.05, 0) is 38.1 Å². The lowest BCUT2D eigenvalue weighted by molar-refractivity contribution is -0.123. The lowest BCUT2D eigenvalue weighted by atomic mass is 10.1. The Morgan fingerprint density at radius 1 is 0.765 bits per heavy atom. The van der Waals surface area contributed by atoms with Gasteiger partial charge in [-0.3, -0.25) is 19.2 Å². The minimum absolute atomic E-state index is 0.260. The van der Waals surface area contributed by atoms with Crippen LogP contribution in [0.4, 0.5) is 11.4 Å². The monoisotopic (exact) mass is 466 g/mol. The zero-order chi connectivity index (χ0) is 24.6. The number of amides is 4. The summed E-state index contributed by atoms with van der Waals surface area (Å²) in [6.07, 6.45) is -1.41. The smallest absolute Gasteiger partial charge is 0.265 e. The van der Waals surface area contributed by atoms with Crippen molar-refractivity contribution >= 4 is 35.0 Å². The second-order valence-electron chi connectivity index (χ2n) is 8.32. The highest BCUT2D eigenvalue weighted by Crippen LogP contribution is 2.35. The fourth-order valence-electron chi connectivity index (χ4n) is 3.71. The first-order valence-electron chi connectivity index (χ1n) is 10.9. The molecule has 0 aliphatic carbocycles. The van der Waals surface area contributed by atoms with E-state index >= 15 is 0 Å². The van der Waals surface area contributed by atoms with E-state index in [0.717, 1.165) is 0 Å². The van der Waals surface area contributed by atoms with Gasteiger partial charge in [-0.25, -0.2) is 0 Å². The number of anilines is 2. The van der Waals surface area contributed by atoms with Crippen molar-refractivity contribution in [2.24, 2.45) is 0 Å². The number of carbonyl (C=O) groups excluding carboxylic acids is 4. The normalized spacial score (nSPS) is 18.4. The van der Waals surface area contributed by atoms with E-state index < -0.39 is 12.2 Å². The van der Waals surface area contributed by atoms with Gasteiger partial charge in [0, 0.05) is 27.2 Å². The number of nitrogens with zero attached hydrogens (tertiary/aromatic N) is 2. The van der Waals surface area contributed by atoms with Gasteiger partial charge in [0.25, 0.3) is 23.6 Å². The fraction of sp³-hybridized carbons (Fsp3) is 0.333. The standard InChI is InChI=1S/C24H26N4O6/c1-13-21(29)25-17-9-5-7-15(19(17)33-13)23(31)27(3)11-12-28(4)24(32)16-8-6-10-18-20(16)34-14(2)22(30)26-18/h5-10,13-14H,11-12H2,1-4H3,(H,25,29)(H,26,30). The summed E-state index contributed by atoms with van der Waals surface area (Å²) < 4.78 is 11.3. The van der Waals surface area contributed by atoms with Crippen molar-refractivity contribution in [1.82, 2.24) is 9.80 Å². The van der Waals surface area contributed by atoms with E-state index in [1.165, 1.54) is 9.80 Å². The molecule has 2 aliphatic heterocycles. The minimum atomic E-state index is -0.706. The molecule has 4 amide bonds. The van der Waals surface area contributed by atoms with E-state index in [0.29, 0.717) is 34.0 Å². The van der Waals surface area contributed by atoms with Crippen molar-refractivity contribution in [3.63, 3.8) is 0 Å². The van der Waals surface area contributed by atoms with E-state index in [9.17, 15) is 19.2 Å². The number of ether oxygens (including phenoxy) is 2. The molecule has 2 unspecified atom stereocenters. The van der Waals surface area contributed by atoms with Gasteiger partial charge in [-0.15, -0.1) is 0 Å². The number of benzene rings is 2. The molecule has 2 heterocycles. The molecule has 0 radical (unpaired) electrons. The van der Waals surface area contributed by atoms with Gasteiger partial charge in [0.2, 0.25) is 0 Å². The van der Waals surface area contributed by atoms with Crippen LogP contribution in [0, 0.1) is 0 Å². The number of fused-ring (bicyclic) bond motifs is 2. The molecule has 178 valence electrons. The van der Waals surface area contributed by atoms with E-state index in [-0.39, 0.29) is 36.7 Å². The number of nitrogens with one attached hydrogen (secondary N) is 2. The number of hydrogen-bond acceptors (Lipinski definition) is 6. The maximum absolute atomic E-state index is 13.1. The third kappa shape index (κ3) is 4.26. The fourth-order valence-corrected chi connectivity index (χ4v) is 3.71. The van der Waals surface area contributed by atoms with Crippen LogP contribution in [0.15, 0.2) is 36.4 Å². The lowest BCUT2D eigenvalue weighted by Crippen LogP contribution is -2.39. The van der Waals surface area contributed by atoms with Crippen molar-refractivity contribution in [2.75, 3.05) is 37.8 Å². The summed E-state index contributed by atoms with van der Waals surface area (Å²) in [5.74, 6) is -0.463. The van der Waals surface area contributed by atoms with Gasteiger partial charge >= 0.3 is 0 Å². The van der Waals surface area contributed by atoms with Crippen LogP contribution in [0.5, 0.6) is 11.5 Å². The third-order valence-electron chi connectivity index (χ3n) is 5.80. The van der Waals surface area contributed by atoms with Crippen LogP contribution in [0.2, 0.25) is 0 Å². The summed E-state index contributed by atoms with van der Waals surface area (Å²) >= 11 is 0. The summed E-state index contributed by atoms with van der Waals surface area (Å²) in [6, 6.07) is 9.98. The topological polar surface area (TPSA) is 117 Å². The summed E-state index contributed by atoms with van der Waals surface area (Å²) in [5, 5.41) is 5.46. The van der Waals surface area contributed by atoms with Crippen LogP contribution in [0.3, 0.4) is 0 Å². The molecule has 2 aromatic carbocycles. The molecular weight excluding hydrogens is 440 g/mol. The van der Waals surface area contributed by atoms with Crippen molar-refractivity contribution < 1.29 is 28.7 Å². The molecule has 2 aliphatic rings. The average molecular weight is 466 g/mol. The number of hydrogen-bond donors (Lipinski definition) is 2. The van der Waals surface area contributed by atoms with Crippen LogP contribution >= 0.6 is 0 Å². The van der Waals surface area contributed by atoms with E-state index in [1.807, 2.05) is 0 Å². The molecule has 10 nitrogen and oxygen atoms in total. The Morgan fingerprint density at radius 2 is 1.15 bits per heavy atom. The van der Waals surface area contributed by atoms with Gasteiger partial charge in [0.15, 0.2) is 23.7 Å². The molecule has 0 fully saturated rings. The minimum Gasteiger partial charge on any atom is -0.478 e. The largest absolute Gasteiger partial charge is 0.478 e. The Kier molecular flexibility index (Phi) is 6.14. The molecule has 34 heavy (non-hydrogen) atoms. The maximum atomic E-state index is 13.1. The van der Waals surface area contributed by atoms with Crippen LogP contribution in [-0.2, 0) is 9.59 Å². The van der Waals surface area contributed by atoms with Crippen molar-refractivity contribution in [3.8, 4) is 11.5 Å². The highest BCUT2D eigenvalue weighted by atomic mass is 16.5. The van der Waals surface area contributed by atoms with E-state index in [2.05, 4.69) is 10.6 Å². The molecule has 0 bridgehead atoms. The summed E-state index contributed by atoms with van der Waals surface area (Å²) in [4.78, 5) is 52.9. The molecule has 2 aromatic rings. The highest BCUT2D eigenvalue weighted by molar-refractivity contribution is 6.05. The van der Waals surface area contributed by atoms with Crippen molar-refractivity contribution in [2.45, 2.75) is 26.1 Å². The molecule has 2 atom stereocenters. The summed E-state index contributed by atoms with van der Waals surface area (Å²) in [6.45, 7) is 3.75. The first kappa shape index (κ1) is 23.1. The predicted octanol–water partition coefficient (Wildman–Crippen LogP) is 1.97. The second kappa shape index (κ2) is 9.05. The van der Waals surface area contributed by atoms with Gasteiger partial charge in [-0.2, -0.15) is 0 Å². The Bertz CT molecular complexity index is 1090. The third-order valence-corrected chi connectivity index (χ3v) is 5.80. The Hall–Kier alpha value is -4.08. The molecule has 0 aromatic heterocycles. The van der Waals surface area contributed by atoms with Crippen LogP contribution in [-0.4, -0.2) is 72.8 Å². The Balaban J connectivity index is 1.44. The average Bonchev–Trinajstić information content (AvgIpc) is 2.82. The molecule has 0 saturated carbocycles. The predicted molar refractivity (Wildman–Crippen MR) is 124 cm³/mol. The SMILES string of the molecule is CC1Oc2c(cccc2C(=O)N(C)CCN(C)C(=O)c2cccc3c2OC(C)C(=O)N3)NC1=O. The van der Waals surface area contributed by atoms with Crippen molar-refractivity contribution in [3.05, 3.63) is 47.5 Å². The summed E-state index contributed by atoms with van der Waals surface area (Å²) in [5.41, 5.74) is 1.56. The molecule has 4 rings (SSSR count). The number of para-hydroxylation sites is 2. The Labute approximate surface area is 196 Å².